The van der Waals surface area contributed by atoms with Crippen LogP contribution in [0, 0.1) is 0 Å². The molecule has 0 aromatic heterocycles. The lowest BCUT2D eigenvalue weighted by Crippen LogP contribution is -2.40. The fourth-order valence-corrected chi connectivity index (χ4v) is 4.32. The minimum Gasteiger partial charge on any atom is -0.496 e. The van der Waals surface area contributed by atoms with E-state index in [1.165, 1.54) is 7.11 Å². The van der Waals surface area contributed by atoms with E-state index in [0.29, 0.717) is 47.2 Å². The summed E-state index contributed by atoms with van der Waals surface area (Å²) in [6.07, 6.45) is 1.56. The summed E-state index contributed by atoms with van der Waals surface area (Å²) in [6.45, 7) is 6.41. The van der Waals surface area contributed by atoms with Crippen molar-refractivity contribution in [2.24, 2.45) is 0 Å². The summed E-state index contributed by atoms with van der Waals surface area (Å²) in [6, 6.07) is 3.17. The highest BCUT2D eigenvalue weighted by Gasteiger charge is 2.45. The van der Waals surface area contributed by atoms with Crippen LogP contribution in [-0.4, -0.2) is 49.6 Å². The molecule has 0 aliphatic carbocycles. The van der Waals surface area contributed by atoms with Gasteiger partial charge in [0.2, 0.25) is 6.29 Å². The molecule has 8 heteroatoms. The molecular weight excluding hydrogens is 410 g/mol. The van der Waals surface area contributed by atoms with Crippen molar-refractivity contribution in [3.8, 4) is 5.75 Å². The Morgan fingerprint density at radius 2 is 2.07 bits per heavy atom. The minimum atomic E-state index is -0.894. The van der Waals surface area contributed by atoms with Gasteiger partial charge in [-0.1, -0.05) is 18.5 Å². The average molecular weight is 438 g/mol. The van der Waals surface area contributed by atoms with E-state index in [4.69, 9.17) is 30.5 Å². The Labute approximate surface area is 181 Å². The predicted molar refractivity (Wildman–Crippen MR) is 112 cm³/mol. The van der Waals surface area contributed by atoms with Gasteiger partial charge in [-0.25, -0.2) is 4.79 Å². The minimum absolute atomic E-state index is 0.171. The van der Waals surface area contributed by atoms with Crippen molar-refractivity contribution in [1.82, 2.24) is 4.90 Å². The summed E-state index contributed by atoms with van der Waals surface area (Å²) in [5.74, 6) is 0.610. The van der Waals surface area contributed by atoms with Crippen molar-refractivity contribution < 1.29 is 28.5 Å². The zero-order chi connectivity index (χ0) is 21.8. The Bertz CT molecular complexity index is 827. The second-order valence-electron chi connectivity index (χ2n) is 7.24. The first kappa shape index (κ1) is 22.4. The molecule has 1 fully saturated rings. The van der Waals surface area contributed by atoms with Crippen LogP contribution < -0.4 is 4.74 Å². The molecule has 1 aromatic rings. The SMILES string of the molecule is CCOC(C)OC(=O)OC1=C(c2c(CC)cc(Cl)cc2OC)C(=O)N2CCCCC12. The van der Waals surface area contributed by atoms with Crippen LogP contribution in [0.4, 0.5) is 4.79 Å². The van der Waals surface area contributed by atoms with Crippen LogP contribution in [0.15, 0.2) is 17.9 Å². The van der Waals surface area contributed by atoms with Crippen LogP contribution in [-0.2, 0) is 25.4 Å². The van der Waals surface area contributed by atoms with E-state index in [9.17, 15) is 9.59 Å². The Morgan fingerprint density at radius 3 is 2.73 bits per heavy atom. The Hall–Kier alpha value is -2.25. The number of piperidine rings is 1. The number of amides is 1. The lowest BCUT2D eigenvalue weighted by molar-refractivity contribution is -0.126. The summed E-state index contributed by atoms with van der Waals surface area (Å²) >= 11 is 6.24. The first-order valence-electron chi connectivity index (χ1n) is 10.3. The number of methoxy groups -OCH3 is 1. The molecule has 7 nitrogen and oxygen atoms in total. The highest BCUT2D eigenvalue weighted by Crippen LogP contribution is 2.43. The van der Waals surface area contributed by atoms with E-state index >= 15 is 0 Å². The Morgan fingerprint density at radius 1 is 1.30 bits per heavy atom. The molecule has 0 N–H and O–H groups in total. The number of aryl methyl sites for hydroxylation is 1. The molecule has 0 bridgehead atoms. The molecule has 2 unspecified atom stereocenters. The molecule has 1 aromatic carbocycles. The maximum Gasteiger partial charge on any atom is 0.515 e. The highest BCUT2D eigenvalue weighted by molar-refractivity contribution is 6.31. The summed E-state index contributed by atoms with van der Waals surface area (Å²) < 4.78 is 21.6. The second kappa shape index (κ2) is 9.71. The fraction of sp³-hybridized carbons (Fsp3) is 0.545. The van der Waals surface area contributed by atoms with Crippen LogP contribution in [0.2, 0.25) is 5.02 Å². The van der Waals surface area contributed by atoms with Crippen LogP contribution in [0.3, 0.4) is 0 Å². The number of hydrogen-bond acceptors (Lipinski definition) is 6. The quantitative estimate of drug-likeness (QED) is 0.460. The molecule has 0 spiro atoms. The number of hydrogen-bond donors (Lipinski definition) is 0. The van der Waals surface area contributed by atoms with Crippen LogP contribution in [0.25, 0.3) is 5.57 Å². The van der Waals surface area contributed by atoms with Gasteiger partial charge in [0.25, 0.3) is 5.91 Å². The van der Waals surface area contributed by atoms with Crippen molar-refractivity contribution >= 4 is 29.2 Å². The maximum absolute atomic E-state index is 13.4. The van der Waals surface area contributed by atoms with Gasteiger partial charge in [-0.15, -0.1) is 0 Å². The smallest absolute Gasteiger partial charge is 0.496 e. The predicted octanol–water partition coefficient (Wildman–Crippen LogP) is 4.55. The van der Waals surface area contributed by atoms with Crippen molar-refractivity contribution in [1.29, 1.82) is 0 Å². The third kappa shape index (κ3) is 4.42. The van der Waals surface area contributed by atoms with E-state index in [1.54, 1.807) is 24.8 Å². The third-order valence-electron chi connectivity index (χ3n) is 5.38. The number of carbonyl (C=O) groups is 2. The van der Waals surface area contributed by atoms with Crippen LogP contribution in [0.1, 0.15) is 51.2 Å². The first-order valence-corrected chi connectivity index (χ1v) is 10.7. The molecule has 164 valence electrons. The van der Waals surface area contributed by atoms with Gasteiger partial charge >= 0.3 is 6.16 Å². The van der Waals surface area contributed by atoms with Gasteiger partial charge in [0.1, 0.15) is 11.5 Å². The zero-order valence-corrected chi connectivity index (χ0v) is 18.6. The molecule has 3 rings (SSSR count). The molecular formula is C22H28ClNO6. The van der Waals surface area contributed by atoms with Crippen molar-refractivity contribution in [3.63, 3.8) is 0 Å². The van der Waals surface area contributed by atoms with E-state index < -0.39 is 12.4 Å². The molecule has 2 aliphatic heterocycles. The largest absolute Gasteiger partial charge is 0.515 e. The Balaban J connectivity index is 2.08. The molecule has 2 aliphatic rings. The van der Waals surface area contributed by atoms with Crippen LogP contribution in [0.5, 0.6) is 5.75 Å². The number of rotatable bonds is 7. The fourth-order valence-electron chi connectivity index (χ4n) is 4.09. The number of carbonyl (C=O) groups excluding carboxylic acids is 2. The van der Waals surface area contributed by atoms with Gasteiger partial charge < -0.3 is 23.8 Å². The maximum atomic E-state index is 13.4. The van der Waals surface area contributed by atoms with E-state index in [0.717, 1.165) is 24.8 Å². The van der Waals surface area contributed by atoms with Gasteiger partial charge in [0.15, 0.2) is 0 Å². The number of halogens is 1. The standard InChI is InChI=1S/C22H28ClNO6/c1-5-14-11-15(23)12-17(27-4)18(14)19-20(30-22(26)29-13(3)28-6-2)16-9-7-8-10-24(16)21(19)25/h11-13,16H,5-10H2,1-4H3. The summed E-state index contributed by atoms with van der Waals surface area (Å²) in [7, 11) is 1.53. The molecule has 1 amide bonds. The third-order valence-corrected chi connectivity index (χ3v) is 5.60. The molecule has 1 saturated heterocycles. The normalized spacial score (nSPS) is 19.6. The topological polar surface area (TPSA) is 74.3 Å². The van der Waals surface area contributed by atoms with Crippen molar-refractivity contribution in [2.45, 2.75) is 58.8 Å². The van der Waals surface area contributed by atoms with Crippen molar-refractivity contribution in [3.05, 3.63) is 34.0 Å². The summed E-state index contributed by atoms with van der Waals surface area (Å²) in [5.41, 5.74) is 1.80. The molecule has 30 heavy (non-hydrogen) atoms. The molecule has 2 heterocycles. The lowest BCUT2D eigenvalue weighted by Gasteiger charge is -2.30. The number of nitrogens with zero attached hydrogens (tertiary/aromatic N) is 1. The monoisotopic (exact) mass is 437 g/mol. The summed E-state index contributed by atoms with van der Waals surface area (Å²) in [5, 5.41) is 0.517. The lowest BCUT2D eigenvalue weighted by atomic mass is 9.95. The van der Waals surface area contributed by atoms with E-state index in [2.05, 4.69) is 0 Å². The van der Waals surface area contributed by atoms with E-state index in [1.807, 2.05) is 13.0 Å². The number of fused-ring (bicyclic) bond motifs is 1. The first-order chi connectivity index (χ1) is 14.4. The van der Waals surface area contributed by atoms with E-state index in [-0.39, 0.29) is 11.9 Å². The van der Waals surface area contributed by atoms with Crippen LogP contribution >= 0.6 is 11.6 Å². The molecule has 0 saturated carbocycles. The van der Waals surface area contributed by atoms with Gasteiger partial charge in [-0.05, 0) is 57.2 Å². The Kier molecular flexibility index (Phi) is 7.26. The summed E-state index contributed by atoms with van der Waals surface area (Å²) in [4.78, 5) is 27.6. The van der Waals surface area contributed by atoms with Gasteiger partial charge in [-0.2, -0.15) is 0 Å². The van der Waals surface area contributed by atoms with Gasteiger partial charge in [0, 0.05) is 23.7 Å². The van der Waals surface area contributed by atoms with Gasteiger partial charge in [-0.3, -0.25) is 4.79 Å². The molecule has 0 radical (unpaired) electrons. The van der Waals surface area contributed by atoms with Gasteiger partial charge in [0.05, 0.1) is 18.7 Å². The number of benzene rings is 1. The number of ether oxygens (including phenoxy) is 4. The average Bonchev–Trinajstić information content (AvgIpc) is 2.99. The molecule has 2 atom stereocenters. The van der Waals surface area contributed by atoms with Crippen molar-refractivity contribution in [2.75, 3.05) is 20.3 Å². The zero-order valence-electron chi connectivity index (χ0n) is 17.8. The highest BCUT2D eigenvalue weighted by atomic mass is 35.5. The second-order valence-corrected chi connectivity index (χ2v) is 7.67.